The third-order valence-electron chi connectivity index (χ3n) is 4.84. The predicted octanol–water partition coefficient (Wildman–Crippen LogP) is 3.19. The van der Waals surface area contributed by atoms with Crippen LogP contribution in [0.2, 0.25) is 0 Å². The summed E-state index contributed by atoms with van der Waals surface area (Å²) in [6, 6.07) is 8.79. The van der Waals surface area contributed by atoms with Gasteiger partial charge in [0.1, 0.15) is 12.6 Å². The number of benzene rings is 1. The molecule has 27 heavy (non-hydrogen) atoms. The number of nitrogens with zero attached hydrogens (tertiary/aromatic N) is 2. The SMILES string of the molecule is CCCCCN(CCC)C(=O)[C@@H]1CC(O)CN1C(=O)OCc1ccccc1. The van der Waals surface area contributed by atoms with E-state index < -0.39 is 18.2 Å². The Bertz CT molecular complexity index is 593. The van der Waals surface area contributed by atoms with Gasteiger partial charge >= 0.3 is 6.09 Å². The predicted molar refractivity (Wildman–Crippen MR) is 104 cm³/mol. The molecule has 1 saturated heterocycles. The van der Waals surface area contributed by atoms with E-state index in [1.807, 2.05) is 42.2 Å². The summed E-state index contributed by atoms with van der Waals surface area (Å²) < 4.78 is 5.38. The number of rotatable bonds is 9. The zero-order valence-corrected chi connectivity index (χ0v) is 16.5. The topological polar surface area (TPSA) is 70.1 Å². The van der Waals surface area contributed by atoms with Crippen LogP contribution in [0.3, 0.4) is 0 Å². The van der Waals surface area contributed by atoms with E-state index in [1.54, 1.807) is 0 Å². The van der Waals surface area contributed by atoms with Crippen LogP contribution in [0.1, 0.15) is 51.5 Å². The number of aliphatic hydroxyl groups is 1. The molecule has 1 aliphatic rings. The summed E-state index contributed by atoms with van der Waals surface area (Å²) in [5.41, 5.74) is 0.889. The maximum Gasteiger partial charge on any atom is 0.410 e. The highest BCUT2D eigenvalue weighted by atomic mass is 16.6. The van der Waals surface area contributed by atoms with Gasteiger partial charge in [-0.05, 0) is 18.4 Å². The van der Waals surface area contributed by atoms with Crippen molar-refractivity contribution < 1.29 is 19.4 Å². The van der Waals surface area contributed by atoms with E-state index >= 15 is 0 Å². The van der Waals surface area contributed by atoms with Crippen molar-refractivity contribution in [3.05, 3.63) is 35.9 Å². The molecule has 2 atom stereocenters. The Balaban J connectivity index is 1.99. The molecule has 2 amide bonds. The zero-order chi connectivity index (χ0) is 19.6. The maximum absolute atomic E-state index is 13.0. The normalized spacial score (nSPS) is 19.1. The Kier molecular flexibility index (Phi) is 8.58. The Morgan fingerprint density at radius 2 is 1.89 bits per heavy atom. The molecule has 1 aromatic carbocycles. The Labute approximate surface area is 162 Å². The number of likely N-dealkylation sites (tertiary alicyclic amines) is 1. The third kappa shape index (κ3) is 6.24. The monoisotopic (exact) mass is 376 g/mol. The Morgan fingerprint density at radius 1 is 1.15 bits per heavy atom. The van der Waals surface area contributed by atoms with Crippen molar-refractivity contribution in [2.24, 2.45) is 0 Å². The lowest BCUT2D eigenvalue weighted by Gasteiger charge is -2.29. The largest absolute Gasteiger partial charge is 0.445 e. The minimum atomic E-state index is -0.692. The minimum Gasteiger partial charge on any atom is -0.445 e. The number of aliphatic hydroxyl groups excluding tert-OH is 1. The van der Waals surface area contributed by atoms with E-state index in [-0.39, 0.29) is 25.5 Å². The molecule has 0 aromatic heterocycles. The molecule has 1 heterocycles. The van der Waals surface area contributed by atoms with Crippen molar-refractivity contribution in [3.8, 4) is 0 Å². The second kappa shape index (κ2) is 10.9. The molecular weight excluding hydrogens is 344 g/mol. The molecule has 1 fully saturated rings. The Hall–Kier alpha value is -2.08. The van der Waals surface area contributed by atoms with E-state index in [9.17, 15) is 14.7 Å². The molecule has 1 aromatic rings. The van der Waals surface area contributed by atoms with Crippen LogP contribution in [-0.4, -0.2) is 58.7 Å². The molecule has 1 unspecified atom stereocenters. The molecule has 0 bridgehead atoms. The van der Waals surface area contributed by atoms with Crippen LogP contribution in [0.15, 0.2) is 30.3 Å². The molecule has 150 valence electrons. The molecule has 0 radical (unpaired) electrons. The van der Waals surface area contributed by atoms with E-state index in [2.05, 4.69) is 6.92 Å². The van der Waals surface area contributed by atoms with Crippen LogP contribution < -0.4 is 0 Å². The van der Waals surface area contributed by atoms with Gasteiger partial charge in [-0.2, -0.15) is 0 Å². The molecule has 1 aliphatic heterocycles. The highest BCUT2D eigenvalue weighted by Crippen LogP contribution is 2.22. The van der Waals surface area contributed by atoms with Crippen LogP contribution >= 0.6 is 0 Å². The number of hydrogen-bond donors (Lipinski definition) is 1. The number of β-amino-alcohol motifs (C(OH)–C–C–N with tert-alkyl or cyclic N) is 1. The summed E-state index contributed by atoms with van der Waals surface area (Å²) in [6.07, 6.45) is 3.02. The van der Waals surface area contributed by atoms with E-state index in [0.717, 1.165) is 31.2 Å². The standard InChI is InChI=1S/C21H32N2O4/c1-3-5-9-13-22(12-4-2)20(25)19-14-18(24)15-23(19)21(26)27-16-17-10-7-6-8-11-17/h6-8,10-11,18-19,24H,3-5,9,12-16H2,1-2H3/t18?,19-/m0/s1. The molecule has 0 aliphatic carbocycles. The molecule has 0 saturated carbocycles. The van der Waals surface area contributed by atoms with Gasteiger partial charge in [0.25, 0.3) is 0 Å². The van der Waals surface area contributed by atoms with Gasteiger partial charge in [-0.15, -0.1) is 0 Å². The van der Waals surface area contributed by atoms with E-state index in [4.69, 9.17) is 4.74 Å². The number of unbranched alkanes of at least 4 members (excludes halogenated alkanes) is 2. The van der Waals surface area contributed by atoms with Gasteiger partial charge in [0, 0.05) is 19.5 Å². The molecular formula is C21H32N2O4. The first-order valence-electron chi connectivity index (χ1n) is 10.0. The van der Waals surface area contributed by atoms with Crippen molar-refractivity contribution in [2.45, 2.75) is 64.7 Å². The first-order chi connectivity index (χ1) is 13.1. The number of ether oxygens (including phenoxy) is 1. The van der Waals surface area contributed by atoms with Crippen molar-refractivity contribution in [3.63, 3.8) is 0 Å². The molecule has 6 heteroatoms. The fourth-order valence-electron chi connectivity index (χ4n) is 3.42. The molecule has 0 spiro atoms. The molecule has 6 nitrogen and oxygen atoms in total. The lowest BCUT2D eigenvalue weighted by Crippen LogP contribution is -2.48. The lowest BCUT2D eigenvalue weighted by atomic mass is 10.1. The fraction of sp³-hybridized carbons (Fsp3) is 0.619. The summed E-state index contributed by atoms with van der Waals surface area (Å²) >= 11 is 0. The minimum absolute atomic E-state index is 0.0823. The molecule has 2 rings (SSSR count). The second-order valence-corrected chi connectivity index (χ2v) is 7.13. The van der Waals surface area contributed by atoms with Gasteiger partial charge in [-0.1, -0.05) is 57.0 Å². The maximum atomic E-state index is 13.0. The van der Waals surface area contributed by atoms with Crippen LogP contribution in [0.5, 0.6) is 0 Å². The zero-order valence-electron chi connectivity index (χ0n) is 16.5. The van der Waals surface area contributed by atoms with Crippen molar-refractivity contribution >= 4 is 12.0 Å². The van der Waals surface area contributed by atoms with Gasteiger partial charge in [0.15, 0.2) is 0 Å². The summed E-state index contributed by atoms with van der Waals surface area (Å²) in [5, 5.41) is 10.1. The van der Waals surface area contributed by atoms with Crippen molar-refractivity contribution in [1.82, 2.24) is 9.80 Å². The molecule has 1 N–H and O–H groups in total. The number of carbonyl (C=O) groups is 2. The summed E-state index contributed by atoms with van der Waals surface area (Å²) in [7, 11) is 0. The van der Waals surface area contributed by atoms with Gasteiger partial charge in [-0.3, -0.25) is 9.69 Å². The summed E-state index contributed by atoms with van der Waals surface area (Å²) in [6.45, 7) is 5.82. The van der Waals surface area contributed by atoms with Crippen molar-refractivity contribution in [1.29, 1.82) is 0 Å². The lowest BCUT2D eigenvalue weighted by molar-refractivity contribution is -0.135. The quantitative estimate of drug-likeness (QED) is 0.672. The van der Waals surface area contributed by atoms with Gasteiger partial charge < -0.3 is 14.7 Å². The Morgan fingerprint density at radius 3 is 2.56 bits per heavy atom. The smallest absolute Gasteiger partial charge is 0.410 e. The number of amides is 2. The fourth-order valence-corrected chi connectivity index (χ4v) is 3.42. The average molecular weight is 376 g/mol. The highest BCUT2D eigenvalue weighted by molar-refractivity contribution is 5.86. The van der Waals surface area contributed by atoms with E-state index in [0.29, 0.717) is 13.1 Å². The van der Waals surface area contributed by atoms with Crippen LogP contribution in [0.4, 0.5) is 4.79 Å². The van der Waals surface area contributed by atoms with Gasteiger partial charge in [-0.25, -0.2) is 4.79 Å². The third-order valence-corrected chi connectivity index (χ3v) is 4.84. The first kappa shape index (κ1) is 21.2. The number of hydrogen-bond acceptors (Lipinski definition) is 4. The number of carbonyl (C=O) groups excluding carboxylic acids is 2. The van der Waals surface area contributed by atoms with Gasteiger partial charge in [0.05, 0.1) is 12.6 Å². The van der Waals surface area contributed by atoms with Crippen LogP contribution in [0.25, 0.3) is 0 Å². The van der Waals surface area contributed by atoms with Crippen molar-refractivity contribution in [2.75, 3.05) is 19.6 Å². The van der Waals surface area contributed by atoms with Crippen LogP contribution in [-0.2, 0) is 16.1 Å². The highest BCUT2D eigenvalue weighted by Gasteiger charge is 2.41. The summed E-state index contributed by atoms with van der Waals surface area (Å²) in [4.78, 5) is 28.8. The van der Waals surface area contributed by atoms with Crippen LogP contribution in [0, 0.1) is 0 Å². The van der Waals surface area contributed by atoms with E-state index in [1.165, 1.54) is 4.90 Å². The average Bonchev–Trinajstić information content (AvgIpc) is 3.07. The summed E-state index contributed by atoms with van der Waals surface area (Å²) in [5.74, 6) is -0.0823. The van der Waals surface area contributed by atoms with Gasteiger partial charge in [0.2, 0.25) is 5.91 Å². The first-order valence-corrected chi connectivity index (χ1v) is 10.0. The second-order valence-electron chi connectivity index (χ2n) is 7.13.